The van der Waals surface area contributed by atoms with Crippen LogP contribution in [0.5, 0.6) is 5.75 Å². The first-order valence-electron chi connectivity index (χ1n) is 3.20. The van der Waals surface area contributed by atoms with Crippen LogP contribution in [-0.2, 0) is 4.57 Å². The molecule has 0 amide bonds. The molecule has 1 aromatic carbocycles. The summed E-state index contributed by atoms with van der Waals surface area (Å²) in [6.07, 6.45) is 0. The van der Waals surface area contributed by atoms with Gasteiger partial charge in [0.1, 0.15) is 5.02 Å². The van der Waals surface area contributed by atoms with Gasteiger partial charge in [0.25, 0.3) is 0 Å². The van der Waals surface area contributed by atoms with Crippen molar-refractivity contribution in [3.63, 3.8) is 0 Å². The first kappa shape index (κ1) is 12.1. The highest BCUT2D eigenvalue weighted by atomic mass is 35.5. The third-order valence-electron chi connectivity index (χ3n) is 1.22. The zero-order valence-corrected chi connectivity index (χ0v) is 9.61. The minimum atomic E-state index is -4.64. The number of benzene rings is 1. The summed E-state index contributed by atoms with van der Waals surface area (Å²) in [5.74, 6) is -0.214. The summed E-state index contributed by atoms with van der Waals surface area (Å²) in [6, 6.07) is 2.54. The molecule has 0 aromatic heterocycles. The smallest absolute Gasteiger partial charge is 0.403 e. The van der Waals surface area contributed by atoms with Gasteiger partial charge >= 0.3 is 7.82 Å². The monoisotopic (exact) mass is 276 g/mol. The summed E-state index contributed by atoms with van der Waals surface area (Å²) in [6.45, 7) is 0. The molecule has 0 unspecified atom stereocenters. The van der Waals surface area contributed by atoms with Gasteiger partial charge in [0, 0.05) is 0 Å². The van der Waals surface area contributed by atoms with E-state index in [4.69, 9.17) is 44.6 Å². The van der Waals surface area contributed by atoms with Crippen LogP contribution in [0.25, 0.3) is 0 Å². The number of hydrogen-bond donors (Lipinski definition) is 2. The van der Waals surface area contributed by atoms with Crippen molar-refractivity contribution in [2.24, 2.45) is 0 Å². The molecule has 0 bridgehead atoms. The summed E-state index contributed by atoms with van der Waals surface area (Å²) in [5.41, 5.74) is 0. The molecule has 8 heteroatoms. The Bertz CT molecular complexity index is 402. The normalized spacial score (nSPS) is 11.5. The second-order valence-electron chi connectivity index (χ2n) is 2.26. The molecule has 4 nitrogen and oxygen atoms in total. The molecule has 0 atom stereocenters. The molecule has 0 fully saturated rings. The summed E-state index contributed by atoms with van der Waals surface area (Å²) < 4.78 is 14.7. The molecular formula is C6H4Cl3O4P. The summed E-state index contributed by atoms with van der Waals surface area (Å²) in [5, 5.41) is 0.0245. The van der Waals surface area contributed by atoms with Gasteiger partial charge in [0.2, 0.25) is 0 Å². The summed E-state index contributed by atoms with van der Waals surface area (Å²) >= 11 is 16.8. The number of hydrogen-bond acceptors (Lipinski definition) is 2. The zero-order chi connectivity index (χ0) is 10.9. The van der Waals surface area contributed by atoms with Gasteiger partial charge in [-0.1, -0.05) is 34.8 Å². The minimum Gasteiger partial charge on any atom is -0.403 e. The van der Waals surface area contributed by atoms with Crippen LogP contribution in [0.3, 0.4) is 0 Å². The van der Waals surface area contributed by atoms with Crippen molar-refractivity contribution in [3.05, 3.63) is 27.2 Å². The zero-order valence-electron chi connectivity index (χ0n) is 6.45. The van der Waals surface area contributed by atoms with Crippen LogP contribution in [0.2, 0.25) is 15.1 Å². The lowest BCUT2D eigenvalue weighted by atomic mass is 10.3. The number of rotatable bonds is 2. The Morgan fingerprint density at radius 3 is 2.21 bits per heavy atom. The minimum absolute atomic E-state index is 0.0146. The molecule has 0 heterocycles. The van der Waals surface area contributed by atoms with E-state index >= 15 is 0 Å². The van der Waals surface area contributed by atoms with E-state index in [-0.39, 0.29) is 20.8 Å². The van der Waals surface area contributed by atoms with Gasteiger partial charge in [-0.25, -0.2) is 4.57 Å². The molecular weight excluding hydrogens is 273 g/mol. The molecule has 0 saturated carbocycles. The number of halogens is 3. The number of phosphoric ester groups is 1. The largest absolute Gasteiger partial charge is 0.524 e. The molecule has 0 saturated heterocycles. The first-order valence-corrected chi connectivity index (χ1v) is 5.86. The molecule has 0 spiro atoms. The molecule has 14 heavy (non-hydrogen) atoms. The first-order chi connectivity index (χ1) is 6.31. The molecule has 78 valence electrons. The van der Waals surface area contributed by atoms with Crippen LogP contribution in [0.15, 0.2) is 12.1 Å². The Hall–Kier alpha value is 0.0400. The lowest BCUT2D eigenvalue weighted by Crippen LogP contribution is -1.91. The standard InChI is InChI=1S/C6H4Cl3O4P/c7-3-1-2-4(6(9)5(3)8)13-14(10,11)12/h1-2H,(H2,10,11,12). The fourth-order valence-corrected chi connectivity index (χ4v) is 1.73. The second kappa shape index (κ2) is 4.27. The molecule has 0 aliphatic carbocycles. The fraction of sp³-hybridized carbons (Fsp3) is 0. The maximum absolute atomic E-state index is 10.5. The Balaban J connectivity index is 3.12. The predicted octanol–water partition coefficient (Wildman–Crippen LogP) is 3.12. The topological polar surface area (TPSA) is 66.8 Å². The van der Waals surface area contributed by atoms with Crippen LogP contribution in [0.4, 0.5) is 0 Å². The van der Waals surface area contributed by atoms with Gasteiger partial charge in [-0.3, -0.25) is 9.79 Å². The van der Waals surface area contributed by atoms with Gasteiger partial charge in [-0.2, -0.15) is 0 Å². The maximum atomic E-state index is 10.5. The van der Waals surface area contributed by atoms with Crippen molar-refractivity contribution >= 4 is 42.6 Å². The van der Waals surface area contributed by atoms with Crippen molar-refractivity contribution < 1.29 is 18.9 Å². The predicted molar refractivity (Wildman–Crippen MR) is 54.1 cm³/mol. The molecule has 0 radical (unpaired) electrons. The highest BCUT2D eigenvalue weighted by molar-refractivity contribution is 7.46. The van der Waals surface area contributed by atoms with Crippen molar-refractivity contribution in [3.8, 4) is 5.75 Å². The average molecular weight is 277 g/mol. The van der Waals surface area contributed by atoms with Gasteiger partial charge in [-0.05, 0) is 12.1 Å². The SMILES string of the molecule is O=P(O)(O)Oc1ccc(Cl)c(Cl)c1Cl. The highest BCUT2D eigenvalue weighted by Crippen LogP contribution is 2.44. The lowest BCUT2D eigenvalue weighted by molar-refractivity contribution is 0.283. The molecule has 2 N–H and O–H groups in total. The Morgan fingerprint density at radius 2 is 1.71 bits per heavy atom. The van der Waals surface area contributed by atoms with E-state index in [0.29, 0.717) is 0 Å². The summed E-state index contributed by atoms with van der Waals surface area (Å²) in [4.78, 5) is 17.0. The van der Waals surface area contributed by atoms with E-state index in [1.807, 2.05) is 0 Å². The van der Waals surface area contributed by atoms with E-state index in [1.54, 1.807) is 0 Å². The van der Waals surface area contributed by atoms with Gasteiger partial charge in [0.15, 0.2) is 5.75 Å². The third kappa shape index (κ3) is 3.02. The third-order valence-corrected chi connectivity index (χ3v) is 2.93. The lowest BCUT2D eigenvalue weighted by Gasteiger charge is -2.09. The van der Waals surface area contributed by atoms with E-state index in [2.05, 4.69) is 4.52 Å². The van der Waals surface area contributed by atoms with Crippen molar-refractivity contribution in [2.75, 3.05) is 0 Å². The van der Waals surface area contributed by atoms with Crippen molar-refractivity contribution in [2.45, 2.75) is 0 Å². The van der Waals surface area contributed by atoms with E-state index in [1.165, 1.54) is 12.1 Å². The quantitative estimate of drug-likeness (QED) is 0.644. The van der Waals surface area contributed by atoms with Crippen LogP contribution in [0, 0.1) is 0 Å². The second-order valence-corrected chi connectivity index (χ2v) is 4.58. The molecule has 0 aliphatic rings. The Labute approximate surface area is 94.6 Å². The number of phosphoric acid groups is 1. The fourth-order valence-electron chi connectivity index (χ4n) is 0.707. The van der Waals surface area contributed by atoms with Gasteiger partial charge in [0.05, 0.1) is 10.0 Å². The van der Waals surface area contributed by atoms with Crippen LogP contribution >= 0.6 is 42.6 Å². The van der Waals surface area contributed by atoms with Crippen LogP contribution in [-0.4, -0.2) is 9.79 Å². The van der Waals surface area contributed by atoms with E-state index in [0.717, 1.165) is 0 Å². The Kier molecular flexibility index (Phi) is 3.69. The van der Waals surface area contributed by atoms with E-state index in [9.17, 15) is 4.57 Å². The van der Waals surface area contributed by atoms with Gasteiger partial charge < -0.3 is 4.52 Å². The molecule has 0 aliphatic heterocycles. The van der Waals surface area contributed by atoms with Crippen LogP contribution < -0.4 is 4.52 Å². The van der Waals surface area contributed by atoms with Gasteiger partial charge in [-0.15, -0.1) is 0 Å². The highest BCUT2D eigenvalue weighted by Gasteiger charge is 2.19. The van der Waals surface area contributed by atoms with E-state index < -0.39 is 7.82 Å². The average Bonchev–Trinajstić information content (AvgIpc) is 2.04. The van der Waals surface area contributed by atoms with Crippen LogP contribution in [0.1, 0.15) is 0 Å². The molecule has 1 aromatic rings. The molecule has 1 rings (SSSR count). The van der Waals surface area contributed by atoms with Crippen molar-refractivity contribution in [1.29, 1.82) is 0 Å². The summed E-state index contributed by atoms with van der Waals surface area (Å²) in [7, 11) is -4.64. The van der Waals surface area contributed by atoms with Crippen molar-refractivity contribution in [1.82, 2.24) is 0 Å². The maximum Gasteiger partial charge on any atom is 0.524 e. The Morgan fingerprint density at radius 1 is 1.14 bits per heavy atom.